The highest BCUT2D eigenvalue weighted by atomic mass is 19.4. The molecule has 1 amide bonds. The fourth-order valence-corrected chi connectivity index (χ4v) is 2.87. The number of rotatable bonds is 4. The van der Waals surface area contributed by atoms with Crippen LogP contribution in [0, 0.1) is 11.8 Å². The molecule has 6 heteroatoms. The molecule has 0 spiro atoms. The number of aliphatic hydroxyl groups is 1. The van der Waals surface area contributed by atoms with Gasteiger partial charge in [0.2, 0.25) is 0 Å². The highest BCUT2D eigenvalue weighted by Crippen LogP contribution is 2.33. The van der Waals surface area contributed by atoms with Crippen molar-refractivity contribution in [2.45, 2.75) is 25.4 Å². The molecule has 116 valence electrons. The van der Waals surface area contributed by atoms with Crippen molar-refractivity contribution >= 4 is 5.91 Å². The summed E-state index contributed by atoms with van der Waals surface area (Å²) < 4.78 is 38.6. The predicted molar refractivity (Wildman–Crippen MR) is 71.7 cm³/mol. The maximum absolute atomic E-state index is 12.9. The van der Waals surface area contributed by atoms with Gasteiger partial charge in [0.1, 0.15) is 0 Å². The van der Waals surface area contributed by atoms with E-state index >= 15 is 0 Å². The highest BCUT2D eigenvalue weighted by molar-refractivity contribution is 5.95. The second kappa shape index (κ2) is 6.47. The Balaban J connectivity index is 2.04. The molecule has 0 aliphatic heterocycles. The van der Waals surface area contributed by atoms with E-state index in [-0.39, 0.29) is 24.0 Å². The summed E-state index contributed by atoms with van der Waals surface area (Å²) in [4.78, 5) is 12.0. The van der Waals surface area contributed by atoms with Gasteiger partial charge in [-0.25, -0.2) is 0 Å². The van der Waals surface area contributed by atoms with Gasteiger partial charge in [-0.1, -0.05) is 18.6 Å². The Bertz CT molecular complexity index is 502. The molecule has 2 rings (SSSR count). The molecule has 0 saturated heterocycles. The fourth-order valence-electron chi connectivity index (χ4n) is 2.87. The van der Waals surface area contributed by atoms with Crippen LogP contribution in [0.5, 0.6) is 0 Å². The van der Waals surface area contributed by atoms with Crippen molar-refractivity contribution < 1.29 is 23.1 Å². The van der Waals surface area contributed by atoms with Crippen LogP contribution in [0.15, 0.2) is 24.3 Å². The van der Waals surface area contributed by atoms with E-state index in [2.05, 4.69) is 5.32 Å². The minimum absolute atomic E-state index is 0.0552. The van der Waals surface area contributed by atoms with E-state index in [9.17, 15) is 23.1 Å². The van der Waals surface area contributed by atoms with Gasteiger partial charge >= 0.3 is 6.18 Å². The van der Waals surface area contributed by atoms with Gasteiger partial charge < -0.3 is 10.4 Å². The first kappa shape index (κ1) is 15.8. The molecule has 1 aliphatic rings. The topological polar surface area (TPSA) is 49.3 Å². The van der Waals surface area contributed by atoms with Crippen LogP contribution in [0.3, 0.4) is 0 Å². The smallest absolute Gasteiger partial charge is 0.396 e. The van der Waals surface area contributed by atoms with Gasteiger partial charge in [-0.05, 0) is 36.8 Å². The monoisotopic (exact) mass is 301 g/mol. The van der Waals surface area contributed by atoms with Gasteiger partial charge in [0.15, 0.2) is 0 Å². The Morgan fingerprint density at radius 3 is 2.57 bits per heavy atom. The molecule has 1 aliphatic carbocycles. The Morgan fingerprint density at radius 1 is 1.24 bits per heavy atom. The molecule has 2 atom stereocenters. The molecule has 0 aromatic heterocycles. The largest absolute Gasteiger partial charge is 0.417 e. The molecule has 0 bridgehead atoms. The van der Waals surface area contributed by atoms with E-state index in [0.29, 0.717) is 6.54 Å². The summed E-state index contributed by atoms with van der Waals surface area (Å²) in [6, 6.07) is 4.76. The summed E-state index contributed by atoms with van der Waals surface area (Å²) in [5.41, 5.74) is -1.28. The number of hydrogen-bond acceptors (Lipinski definition) is 2. The standard InChI is InChI=1S/C15H18F3NO2/c16-15(17,18)13-7-2-1-6-12(13)14(21)19-8-10-4-3-5-11(10)9-20/h1-2,6-7,10-11,20H,3-5,8-9H2,(H,19,21). The Kier molecular flexibility index (Phi) is 4.88. The third kappa shape index (κ3) is 3.75. The highest BCUT2D eigenvalue weighted by Gasteiger charge is 2.35. The molecule has 3 nitrogen and oxygen atoms in total. The second-order valence-corrected chi connectivity index (χ2v) is 5.39. The summed E-state index contributed by atoms with van der Waals surface area (Å²) in [6.07, 6.45) is -1.79. The van der Waals surface area contributed by atoms with E-state index in [1.54, 1.807) is 0 Å². The number of benzene rings is 1. The van der Waals surface area contributed by atoms with E-state index in [1.807, 2.05) is 0 Å². The number of carbonyl (C=O) groups is 1. The van der Waals surface area contributed by atoms with Crippen LogP contribution in [0.1, 0.15) is 35.2 Å². The molecule has 1 aromatic rings. The fraction of sp³-hybridized carbons (Fsp3) is 0.533. The van der Waals surface area contributed by atoms with Crippen LogP contribution in [-0.4, -0.2) is 24.2 Å². The van der Waals surface area contributed by atoms with Crippen molar-refractivity contribution in [3.63, 3.8) is 0 Å². The zero-order valence-electron chi connectivity index (χ0n) is 11.5. The summed E-state index contributed by atoms with van der Waals surface area (Å²) in [5, 5.41) is 11.8. The third-order valence-electron chi connectivity index (χ3n) is 4.05. The van der Waals surface area contributed by atoms with E-state index in [1.165, 1.54) is 18.2 Å². The molecule has 0 heterocycles. The summed E-state index contributed by atoms with van der Waals surface area (Å²) in [7, 11) is 0. The van der Waals surface area contributed by atoms with E-state index in [0.717, 1.165) is 25.3 Å². The van der Waals surface area contributed by atoms with Crippen molar-refractivity contribution in [1.29, 1.82) is 0 Å². The summed E-state index contributed by atoms with van der Waals surface area (Å²) in [5.74, 6) is -0.452. The molecular formula is C15H18F3NO2. The van der Waals surface area contributed by atoms with Crippen molar-refractivity contribution in [2.24, 2.45) is 11.8 Å². The predicted octanol–water partition coefficient (Wildman–Crippen LogP) is 2.84. The minimum Gasteiger partial charge on any atom is -0.396 e. The van der Waals surface area contributed by atoms with Crippen LogP contribution in [-0.2, 0) is 6.18 Å². The quantitative estimate of drug-likeness (QED) is 0.898. The number of hydrogen-bond donors (Lipinski definition) is 2. The molecule has 21 heavy (non-hydrogen) atoms. The van der Waals surface area contributed by atoms with Crippen molar-refractivity contribution in [3.8, 4) is 0 Å². The van der Waals surface area contributed by atoms with E-state index < -0.39 is 17.6 Å². The number of carbonyl (C=O) groups excluding carboxylic acids is 1. The van der Waals surface area contributed by atoms with E-state index in [4.69, 9.17) is 0 Å². The number of amides is 1. The van der Waals surface area contributed by atoms with Crippen LogP contribution in [0.4, 0.5) is 13.2 Å². The molecule has 1 saturated carbocycles. The lowest BCUT2D eigenvalue weighted by Gasteiger charge is -2.18. The van der Waals surface area contributed by atoms with Gasteiger partial charge in [0.05, 0.1) is 11.1 Å². The summed E-state index contributed by atoms with van der Waals surface area (Å²) >= 11 is 0. The van der Waals surface area contributed by atoms with Crippen LogP contribution in [0.2, 0.25) is 0 Å². The lowest BCUT2D eigenvalue weighted by atomic mass is 9.96. The van der Waals surface area contributed by atoms with Gasteiger partial charge in [-0.3, -0.25) is 4.79 Å². The first-order chi connectivity index (χ1) is 9.93. The molecule has 2 N–H and O–H groups in total. The number of alkyl halides is 3. The minimum atomic E-state index is -4.55. The van der Waals surface area contributed by atoms with Gasteiger partial charge in [-0.2, -0.15) is 13.2 Å². The first-order valence-electron chi connectivity index (χ1n) is 6.98. The number of aliphatic hydroxyl groups excluding tert-OH is 1. The Morgan fingerprint density at radius 2 is 1.90 bits per heavy atom. The maximum Gasteiger partial charge on any atom is 0.417 e. The Labute approximate surface area is 121 Å². The third-order valence-corrected chi connectivity index (χ3v) is 4.05. The molecular weight excluding hydrogens is 283 g/mol. The van der Waals surface area contributed by atoms with Crippen LogP contribution in [0.25, 0.3) is 0 Å². The Hall–Kier alpha value is -1.56. The van der Waals surface area contributed by atoms with Crippen LogP contribution >= 0.6 is 0 Å². The average molecular weight is 301 g/mol. The zero-order valence-corrected chi connectivity index (χ0v) is 11.5. The van der Waals surface area contributed by atoms with Crippen molar-refractivity contribution in [3.05, 3.63) is 35.4 Å². The van der Waals surface area contributed by atoms with Crippen LogP contribution < -0.4 is 5.32 Å². The summed E-state index contributed by atoms with van der Waals surface area (Å²) in [6.45, 7) is 0.357. The van der Waals surface area contributed by atoms with Crippen molar-refractivity contribution in [2.75, 3.05) is 13.2 Å². The maximum atomic E-state index is 12.9. The molecule has 2 unspecified atom stereocenters. The number of halogens is 3. The van der Waals surface area contributed by atoms with Gasteiger partial charge in [-0.15, -0.1) is 0 Å². The lowest BCUT2D eigenvalue weighted by molar-refractivity contribution is -0.137. The molecule has 1 fully saturated rings. The molecule has 1 aromatic carbocycles. The SMILES string of the molecule is O=C(NCC1CCCC1CO)c1ccccc1C(F)(F)F. The first-order valence-corrected chi connectivity index (χ1v) is 6.98. The molecule has 0 radical (unpaired) electrons. The second-order valence-electron chi connectivity index (χ2n) is 5.39. The van der Waals surface area contributed by atoms with Gasteiger partial charge in [0, 0.05) is 13.2 Å². The zero-order chi connectivity index (χ0) is 15.5. The lowest BCUT2D eigenvalue weighted by Crippen LogP contribution is -2.32. The normalized spacial score (nSPS) is 22.3. The van der Waals surface area contributed by atoms with Gasteiger partial charge in [0.25, 0.3) is 5.91 Å². The van der Waals surface area contributed by atoms with Crippen molar-refractivity contribution in [1.82, 2.24) is 5.32 Å². The number of nitrogens with one attached hydrogen (secondary N) is 1. The average Bonchev–Trinajstić information content (AvgIpc) is 2.91.